The Kier molecular flexibility index (Phi) is 5.33. The lowest BCUT2D eigenvalue weighted by molar-refractivity contribution is -0.0542. The number of methoxy groups -OCH3 is 1. The number of carbonyl (C=O) groups is 1. The zero-order valence-electron chi connectivity index (χ0n) is 20.2. The van der Waals surface area contributed by atoms with Gasteiger partial charge in [0.05, 0.1) is 12.7 Å². The molecule has 1 N–H and O–H groups in total. The highest BCUT2D eigenvalue weighted by Gasteiger charge is 2.51. The first-order chi connectivity index (χ1) is 17.0. The number of hydrogen-bond acceptors (Lipinski definition) is 4. The molecule has 1 aliphatic carbocycles. The van der Waals surface area contributed by atoms with Gasteiger partial charge in [-0.2, -0.15) is 0 Å². The van der Waals surface area contributed by atoms with Crippen LogP contribution in [0.1, 0.15) is 53.9 Å². The van der Waals surface area contributed by atoms with E-state index in [0.29, 0.717) is 25.2 Å². The summed E-state index contributed by atoms with van der Waals surface area (Å²) >= 11 is 0. The summed E-state index contributed by atoms with van der Waals surface area (Å²) in [5.74, 6) is 0.745. The molecule has 2 aliphatic heterocycles. The first-order valence-corrected chi connectivity index (χ1v) is 12.5. The van der Waals surface area contributed by atoms with Crippen LogP contribution in [0.5, 0.6) is 5.75 Å². The van der Waals surface area contributed by atoms with Gasteiger partial charge in [0.15, 0.2) is 0 Å². The predicted octanol–water partition coefficient (Wildman–Crippen LogP) is 5.77. The van der Waals surface area contributed by atoms with Crippen molar-refractivity contribution in [2.45, 2.75) is 56.2 Å². The van der Waals surface area contributed by atoms with Crippen molar-refractivity contribution in [1.82, 2.24) is 4.90 Å². The van der Waals surface area contributed by atoms with Gasteiger partial charge in [0.25, 0.3) is 0 Å². The molecule has 0 saturated carbocycles. The molecule has 2 unspecified atom stereocenters. The Morgan fingerprint density at radius 3 is 2.17 bits per heavy atom. The van der Waals surface area contributed by atoms with E-state index >= 15 is 0 Å². The Morgan fingerprint density at radius 2 is 1.57 bits per heavy atom. The normalized spacial score (nSPS) is 24.7. The molecule has 2 heterocycles. The molecular formula is C30H31NO4. The van der Waals surface area contributed by atoms with Gasteiger partial charge in [-0.05, 0) is 54.2 Å². The molecule has 3 aliphatic rings. The number of amides is 1. The van der Waals surface area contributed by atoms with Gasteiger partial charge in [0.1, 0.15) is 12.4 Å². The first kappa shape index (κ1) is 22.2. The molecule has 35 heavy (non-hydrogen) atoms. The molecule has 5 heteroatoms. The van der Waals surface area contributed by atoms with Crippen LogP contribution in [-0.4, -0.2) is 41.9 Å². The average molecular weight is 470 g/mol. The van der Waals surface area contributed by atoms with E-state index in [-0.39, 0.29) is 24.1 Å². The maximum atomic E-state index is 13.4. The lowest BCUT2D eigenvalue weighted by atomic mass is 9.79. The number of aryl methyl sites for hydroxylation is 1. The molecule has 3 aromatic rings. The van der Waals surface area contributed by atoms with E-state index in [9.17, 15) is 9.90 Å². The third kappa shape index (κ3) is 3.61. The number of piperidine rings is 1. The van der Waals surface area contributed by atoms with Crippen molar-refractivity contribution < 1.29 is 19.4 Å². The zero-order chi connectivity index (χ0) is 24.2. The quantitative estimate of drug-likeness (QED) is 0.527. The molecule has 2 saturated heterocycles. The summed E-state index contributed by atoms with van der Waals surface area (Å²) in [4.78, 5) is 15.3. The fourth-order valence-electron chi connectivity index (χ4n) is 6.60. The highest BCUT2D eigenvalue weighted by Crippen LogP contribution is 2.49. The van der Waals surface area contributed by atoms with Crippen LogP contribution in [0.3, 0.4) is 0 Å². The van der Waals surface area contributed by atoms with Gasteiger partial charge in [-0.3, -0.25) is 0 Å². The number of nitrogens with zero attached hydrogens (tertiary/aromatic N) is 1. The van der Waals surface area contributed by atoms with Crippen LogP contribution in [0.25, 0.3) is 11.1 Å². The first-order valence-electron chi connectivity index (χ1n) is 12.5. The summed E-state index contributed by atoms with van der Waals surface area (Å²) in [7, 11) is 1.64. The number of benzene rings is 3. The molecule has 0 spiro atoms. The van der Waals surface area contributed by atoms with Crippen molar-refractivity contribution in [2.24, 2.45) is 0 Å². The lowest BCUT2D eigenvalue weighted by Gasteiger charge is -2.43. The number of hydrogen-bond donors (Lipinski definition) is 1. The summed E-state index contributed by atoms with van der Waals surface area (Å²) in [5, 5.41) is 11.7. The second-order valence-electron chi connectivity index (χ2n) is 10.2. The fraction of sp³-hybridized carbons (Fsp3) is 0.367. The van der Waals surface area contributed by atoms with E-state index in [1.165, 1.54) is 22.3 Å². The average Bonchev–Trinajstić information content (AvgIpc) is 3.34. The molecule has 5 nitrogen and oxygen atoms in total. The second-order valence-corrected chi connectivity index (χ2v) is 10.2. The maximum absolute atomic E-state index is 13.4. The maximum Gasteiger partial charge on any atom is 0.410 e. The van der Waals surface area contributed by atoms with Crippen molar-refractivity contribution >= 4 is 6.09 Å². The highest BCUT2D eigenvalue weighted by atomic mass is 16.6. The lowest BCUT2D eigenvalue weighted by Crippen LogP contribution is -2.52. The monoisotopic (exact) mass is 469 g/mol. The van der Waals surface area contributed by atoms with Gasteiger partial charge in [0.2, 0.25) is 0 Å². The highest BCUT2D eigenvalue weighted by molar-refractivity contribution is 5.79. The minimum absolute atomic E-state index is 0.0420. The molecule has 6 rings (SSSR count). The van der Waals surface area contributed by atoms with Crippen LogP contribution < -0.4 is 4.74 Å². The number of fused-ring (bicyclic) bond motifs is 5. The molecule has 2 bridgehead atoms. The van der Waals surface area contributed by atoms with Gasteiger partial charge in [-0.1, -0.05) is 60.2 Å². The summed E-state index contributed by atoms with van der Waals surface area (Å²) < 4.78 is 11.6. The summed E-state index contributed by atoms with van der Waals surface area (Å²) in [6.07, 6.45) is 2.48. The van der Waals surface area contributed by atoms with Gasteiger partial charge in [-0.25, -0.2) is 4.79 Å². The minimum atomic E-state index is -1.01. The Hall–Kier alpha value is -3.31. The van der Waals surface area contributed by atoms with Crippen molar-refractivity contribution in [2.75, 3.05) is 13.7 Å². The Labute approximate surface area is 206 Å². The van der Waals surface area contributed by atoms with E-state index in [1.807, 2.05) is 42.2 Å². The number of rotatable bonds is 4. The summed E-state index contributed by atoms with van der Waals surface area (Å²) in [6.45, 7) is 2.34. The van der Waals surface area contributed by atoms with Crippen LogP contribution in [0.2, 0.25) is 0 Å². The van der Waals surface area contributed by atoms with Gasteiger partial charge >= 0.3 is 6.09 Å². The Balaban J connectivity index is 1.20. The van der Waals surface area contributed by atoms with Crippen LogP contribution in [0, 0.1) is 6.92 Å². The van der Waals surface area contributed by atoms with Crippen LogP contribution in [-0.2, 0) is 10.3 Å². The molecule has 2 atom stereocenters. The molecule has 0 aromatic heterocycles. The standard InChI is InChI=1S/C30H31NO4/c1-19-11-14-28(34-2)27(15-19)30(33)16-20-12-13-21(17-30)31(20)29(32)35-18-26-24-9-5-3-7-22(24)23-8-4-6-10-25(23)26/h3-11,14-15,20-21,26,33H,12-13,16-18H2,1-2H3. The van der Waals surface area contributed by atoms with Crippen molar-refractivity contribution in [3.05, 3.63) is 89.0 Å². The van der Waals surface area contributed by atoms with Crippen LogP contribution in [0.4, 0.5) is 4.79 Å². The smallest absolute Gasteiger partial charge is 0.410 e. The number of ether oxygens (including phenoxy) is 2. The number of carbonyl (C=O) groups excluding carboxylic acids is 1. The molecule has 0 radical (unpaired) electrons. The van der Waals surface area contributed by atoms with Gasteiger partial charge < -0.3 is 19.5 Å². The van der Waals surface area contributed by atoms with Gasteiger partial charge in [-0.15, -0.1) is 0 Å². The summed E-state index contributed by atoms with van der Waals surface area (Å²) in [5.41, 5.74) is 5.76. The Bertz CT molecular complexity index is 1230. The predicted molar refractivity (Wildman–Crippen MR) is 135 cm³/mol. The van der Waals surface area contributed by atoms with Crippen molar-refractivity contribution in [3.63, 3.8) is 0 Å². The minimum Gasteiger partial charge on any atom is -0.496 e. The summed E-state index contributed by atoms with van der Waals surface area (Å²) in [6, 6.07) is 22.6. The van der Waals surface area contributed by atoms with E-state index in [4.69, 9.17) is 9.47 Å². The third-order valence-corrected chi connectivity index (χ3v) is 8.17. The molecular weight excluding hydrogens is 438 g/mol. The topological polar surface area (TPSA) is 59.0 Å². The SMILES string of the molecule is COc1ccc(C)cc1C1(O)CC2CCC(C1)N2C(=O)OCC1c2ccccc2-c2ccccc21. The molecule has 2 fully saturated rings. The van der Waals surface area contributed by atoms with E-state index in [0.717, 1.165) is 24.0 Å². The fourth-order valence-corrected chi connectivity index (χ4v) is 6.60. The molecule has 180 valence electrons. The largest absolute Gasteiger partial charge is 0.496 e. The zero-order valence-corrected chi connectivity index (χ0v) is 20.2. The van der Waals surface area contributed by atoms with E-state index in [2.05, 4.69) is 36.4 Å². The van der Waals surface area contributed by atoms with Crippen molar-refractivity contribution in [1.29, 1.82) is 0 Å². The Morgan fingerprint density at radius 1 is 0.971 bits per heavy atom. The van der Waals surface area contributed by atoms with Gasteiger partial charge in [0, 0.05) is 36.4 Å². The van der Waals surface area contributed by atoms with E-state index in [1.54, 1.807) is 7.11 Å². The van der Waals surface area contributed by atoms with Crippen LogP contribution >= 0.6 is 0 Å². The van der Waals surface area contributed by atoms with Crippen molar-refractivity contribution in [3.8, 4) is 16.9 Å². The third-order valence-electron chi connectivity index (χ3n) is 8.17. The second kappa shape index (κ2) is 8.42. The van der Waals surface area contributed by atoms with Crippen LogP contribution in [0.15, 0.2) is 66.7 Å². The number of aliphatic hydroxyl groups is 1. The molecule has 1 amide bonds. The molecule has 3 aromatic carbocycles. The van der Waals surface area contributed by atoms with E-state index < -0.39 is 5.60 Å².